The number of benzene rings is 2. The van der Waals surface area contributed by atoms with Crippen LogP contribution in [-0.4, -0.2) is 58.7 Å². The van der Waals surface area contributed by atoms with Gasteiger partial charge in [-0.1, -0.05) is 23.8 Å². The van der Waals surface area contributed by atoms with Crippen LogP contribution in [0.25, 0.3) is 10.9 Å². The molecule has 2 aromatic carbocycles. The van der Waals surface area contributed by atoms with Gasteiger partial charge < -0.3 is 9.64 Å². The Morgan fingerprint density at radius 3 is 2.54 bits per heavy atom. The van der Waals surface area contributed by atoms with Gasteiger partial charge in [0.25, 0.3) is 5.56 Å². The predicted molar refractivity (Wildman–Crippen MR) is 136 cm³/mol. The van der Waals surface area contributed by atoms with Crippen LogP contribution < -0.4 is 15.2 Å². The van der Waals surface area contributed by atoms with Crippen molar-refractivity contribution in [2.45, 2.75) is 57.6 Å². The van der Waals surface area contributed by atoms with E-state index in [0.717, 1.165) is 76.3 Å². The first-order valence-electron chi connectivity index (χ1n) is 12.9. The van der Waals surface area contributed by atoms with E-state index in [0.29, 0.717) is 17.4 Å². The average molecular weight is 480 g/mol. The molecule has 0 atom stereocenters. The summed E-state index contributed by atoms with van der Waals surface area (Å²) in [6.07, 6.45) is 7.88. The van der Waals surface area contributed by atoms with Crippen LogP contribution in [0.5, 0.6) is 5.75 Å². The minimum atomic E-state index is -0.212. The number of halogens is 1. The molecule has 1 saturated carbocycles. The topological polar surface area (TPSA) is 63.5 Å². The van der Waals surface area contributed by atoms with Gasteiger partial charge in [-0.3, -0.25) is 9.69 Å². The number of nitrogens with zero attached hydrogens (tertiary/aromatic N) is 5. The molecule has 0 spiro atoms. The van der Waals surface area contributed by atoms with Crippen LogP contribution in [-0.2, 0) is 6.54 Å². The molecule has 186 valence electrons. The lowest BCUT2D eigenvalue weighted by molar-refractivity contribution is 0.208. The van der Waals surface area contributed by atoms with Crippen molar-refractivity contribution in [3.05, 3.63) is 58.6 Å². The standard InChI is InChI=1S/C27H34FN5O2/c28-21-12-13-26(35-22-8-2-3-9-22)25(20-21)32-18-16-31(17-19-32)14-6-1-7-15-33-27(34)23-10-4-5-11-24(23)29-30-33/h4-5,10-13,20,22H,1-3,6-9,14-19H2. The van der Waals surface area contributed by atoms with Gasteiger partial charge in [0, 0.05) is 38.8 Å². The van der Waals surface area contributed by atoms with Crippen LogP contribution in [0.4, 0.5) is 10.1 Å². The summed E-state index contributed by atoms with van der Waals surface area (Å²) >= 11 is 0. The Kier molecular flexibility index (Phi) is 7.57. The van der Waals surface area contributed by atoms with Gasteiger partial charge in [-0.05, 0) is 69.3 Å². The Labute approximate surface area is 205 Å². The number of ether oxygens (including phenoxy) is 1. The van der Waals surface area contributed by atoms with Crippen LogP contribution in [0.1, 0.15) is 44.9 Å². The summed E-state index contributed by atoms with van der Waals surface area (Å²) in [6.45, 7) is 5.26. The van der Waals surface area contributed by atoms with Gasteiger partial charge >= 0.3 is 0 Å². The van der Waals surface area contributed by atoms with E-state index < -0.39 is 0 Å². The lowest BCUT2D eigenvalue weighted by Gasteiger charge is -2.37. The van der Waals surface area contributed by atoms with Crippen molar-refractivity contribution >= 4 is 16.6 Å². The molecule has 8 heteroatoms. The summed E-state index contributed by atoms with van der Waals surface area (Å²) in [5.74, 6) is 0.607. The Bertz CT molecular complexity index is 1190. The highest BCUT2D eigenvalue weighted by Gasteiger charge is 2.23. The molecule has 1 saturated heterocycles. The van der Waals surface area contributed by atoms with Gasteiger partial charge in [0.2, 0.25) is 0 Å². The minimum Gasteiger partial charge on any atom is -0.488 e. The van der Waals surface area contributed by atoms with E-state index in [4.69, 9.17) is 4.74 Å². The first kappa shape index (κ1) is 23.7. The Morgan fingerprint density at radius 2 is 1.71 bits per heavy atom. The summed E-state index contributed by atoms with van der Waals surface area (Å²) in [4.78, 5) is 17.3. The summed E-state index contributed by atoms with van der Waals surface area (Å²) in [5.41, 5.74) is 1.46. The molecule has 1 aliphatic heterocycles. The number of fused-ring (bicyclic) bond motifs is 1. The van der Waals surface area contributed by atoms with Crippen molar-refractivity contribution in [2.24, 2.45) is 0 Å². The van der Waals surface area contributed by atoms with Crippen molar-refractivity contribution in [3.8, 4) is 5.75 Å². The summed E-state index contributed by atoms with van der Waals surface area (Å²) < 4.78 is 21.8. The number of rotatable bonds is 9. The number of hydrogen-bond donors (Lipinski definition) is 0. The zero-order valence-electron chi connectivity index (χ0n) is 20.2. The molecule has 0 N–H and O–H groups in total. The van der Waals surface area contributed by atoms with E-state index in [1.54, 1.807) is 18.2 Å². The predicted octanol–water partition coefficient (Wildman–Crippen LogP) is 4.24. The SMILES string of the molecule is O=c1c2ccccc2nnn1CCCCCN1CCN(c2cc(F)ccc2OC2CCCC2)CC1. The van der Waals surface area contributed by atoms with E-state index in [9.17, 15) is 9.18 Å². The maximum Gasteiger partial charge on any atom is 0.277 e. The number of unbranched alkanes of at least 4 members (excludes halogenated alkanes) is 2. The van der Waals surface area contributed by atoms with E-state index in [1.165, 1.54) is 23.6 Å². The maximum absolute atomic E-state index is 14.0. The molecule has 0 bridgehead atoms. The van der Waals surface area contributed by atoms with E-state index >= 15 is 0 Å². The number of hydrogen-bond acceptors (Lipinski definition) is 6. The molecule has 5 rings (SSSR count). The van der Waals surface area contributed by atoms with Crippen molar-refractivity contribution in [1.29, 1.82) is 0 Å². The van der Waals surface area contributed by atoms with Gasteiger partial charge in [-0.25, -0.2) is 9.07 Å². The molecule has 2 heterocycles. The number of anilines is 1. The van der Waals surface area contributed by atoms with Gasteiger partial charge in [-0.15, -0.1) is 5.10 Å². The fraction of sp³-hybridized carbons (Fsp3) is 0.519. The van der Waals surface area contributed by atoms with E-state index in [2.05, 4.69) is 20.1 Å². The molecule has 7 nitrogen and oxygen atoms in total. The maximum atomic E-state index is 14.0. The van der Waals surface area contributed by atoms with Crippen molar-refractivity contribution in [1.82, 2.24) is 19.9 Å². The van der Waals surface area contributed by atoms with Crippen molar-refractivity contribution in [2.75, 3.05) is 37.6 Å². The smallest absolute Gasteiger partial charge is 0.277 e. The van der Waals surface area contributed by atoms with Crippen molar-refractivity contribution < 1.29 is 9.13 Å². The first-order chi connectivity index (χ1) is 17.2. The fourth-order valence-corrected chi connectivity index (χ4v) is 5.18. The normalized spacial score (nSPS) is 17.3. The largest absolute Gasteiger partial charge is 0.488 e. The quantitative estimate of drug-likeness (QED) is 0.428. The average Bonchev–Trinajstić information content (AvgIpc) is 3.40. The van der Waals surface area contributed by atoms with Crippen LogP contribution in [0.2, 0.25) is 0 Å². The zero-order chi connectivity index (χ0) is 24.0. The number of aryl methyl sites for hydroxylation is 1. The van der Waals surface area contributed by atoms with Gasteiger partial charge in [0.05, 0.1) is 17.2 Å². The fourth-order valence-electron chi connectivity index (χ4n) is 5.18. The zero-order valence-corrected chi connectivity index (χ0v) is 20.2. The van der Waals surface area contributed by atoms with Gasteiger partial charge in [0.1, 0.15) is 17.1 Å². The summed E-state index contributed by atoms with van der Waals surface area (Å²) in [7, 11) is 0. The molecule has 2 fully saturated rings. The number of aromatic nitrogens is 3. The molecule has 35 heavy (non-hydrogen) atoms. The van der Waals surface area contributed by atoms with Crippen LogP contribution in [0.15, 0.2) is 47.3 Å². The molecule has 1 aromatic heterocycles. The molecule has 1 aliphatic carbocycles. The number of piperazine rings is 1. The summed E-state index contributed by atoms with van der Waals surface area (Å²) in [5, 5.41) is 8.85. The molecule has 3 aromatic rings. The second-order valence-corrected chi connectivity index (χ2v) is 9.66. The third-order valence-corrected chi connectivity index (χ3v) is 7.20. The Morgan fingerprint density at radius 1 is 0.943 bits per heavy atom. The highest BCUT2D eigenvalue weighted by Crippen LogP contribution is 2.33. The van der Waals surface area contributed by atoms with Crippen LogP contribution >= 0.6 is 0 Å². The second kappa shape index (κ2) is 11.2. The Balaban J connectivity index is 1.07. The molecule has 0 unspecified atom stereocenters. The van der Waals surface area contributed by atoms with E-state index in [-0.39, 0.29) is 17.5 Å². The second-order valence-electron chi connectivity index (χ2n) is 9.66. The van der Waals surface area contributed by atoms with Gasteiger partial charge in [-0.2, -0.15) is 0 Å². The third kappa shape index (κ3) is 5.81. The lowest BCUT2D eigenvalue weighted by atomic mass is 10.2. The van der Waals surface area contributed by atoms with Gasteiger partial charge in [0.15, 0.2) is 0 Å². The highest BCUT2D eigenvalue weighted by molar-refractivity contribution is 5.76. The minimum absolute atomic E-state index is 0.0691. The lowest BCUT2D eigenvalue weighted by Crippen LogP contribution is -2.46. The first-order valence-corrected chi connectivity index (χ1v) is 12.9. The van der Waals surface area contributed by atoms with Crippen molar-refractivity contribution in [3.63, 3.8) is 0 Å². The molecular formula is C27H34FN5O2. The summed E-state index contributed by atoms with van der Waals surface area (Å²) in [6, 6.07) is 12.2. The molecule has 2 aliphatic rings. The van der Waals surface area contributed by atoms with Crippen LogP contribution in [0.3, 0.4) is 0 Å². The molecule has 0 radical (unpaired) electrons. The van der Waals surface area contributed by atoms with E-state index in [1.807, 2.05) is 18.2 Å². The molecular weight excluding hydrogens is 445 g/mol. The highest BCUT2D eigenvalue weighted by atomic mass is 19.1. The third-order valence-electron chi connectivity index (χ3n) is 7.20. The Hall–Kier alpha value is -3.00. The molecule has 0 amide bonds. The van der Waals surface area contributed by atoms with Crippen LogP contribution in [0, 0.1) is 5.82 Å². The monoisotopic (exact) mass is 479 g/mol.